The van der Waals surface area contributed by atoms with E-state index in [1.54, 1.807) is 31.3 Å². The molecule has 2 N–H and O–H groups in total. The molecule has 0 spiro atoms. The smallest absolute Gasteiger partial charge is 0.255 e. The second kappa shape index (κ2) is 8.08. The molecule has 1 aromatic carbocycles. The number of amides is 1. The van der Waals surface area contributed by atoms with E-state index in [9.17, 15) is 4.79 Å². The summed E-state index contributed by atoms with van der Waals surface area (Å²) in [5.41, 5.74) is 8.06. The molecular weight excluding hydrogens is 370 g/mol. The van der Waals surface area contributed by atoms with Crippen LogP contribution in [0.3, 0.4) is 0 Å². The molecule has 0 radical (unpaired) electrons. The molecule has 2 aromatic heterocycles. The van der Waals surface area contributed by atoms with E-state index >= 15 is 0 Å². The number of pyridine rings is 1. The molecule has 8 heteroatoms. The van der Waals surface area contributed by atoms with E-state index in [0.29, 0.717) is 18.7 Å². The maximum Gasteiger partial charge on any atom is 0.255 e. The van der Waals surface area contributed by atoms with Crippen molar-refractivity contribution < 1.29 is 14.3 Å². The summed E-state index contributed by atoms with van der Waals surface area (Å²) >= 11 is 0. The standard InChI is InChI=1S/C21H25N5O3/c1-28-18-6-5-14(19(9-18)29-2)13-26-20-15(12-24-26)8-16(11-23-20)21(27)25-7-3-4-17(25)10-22/h5-6,8-9,11-12,17H,3-4,7,10,13,22H2,1-2H3. The number of carbonyl (C=O) groups is 1. The van der Waals surface area contributed by atoms with Crippen molar-refractivity contribution in [2.24, 2.45) is 5.73 Å². The highest BCUT2D eigenvalue weighted by atomic mass is 16.5. The van der Waals surface area contributed by atoms with Gasteiger partial charge < -0.3 is 20.1 Å². The van der Waals surface area contributed by atoms with Gasteiger partial charge in [0, 0.05) is 42.3 Å². The van der Waals surface area contributed by atoms with E-state index in [1.807, 2.05) is 29.2 Å². The second-order valence-corrected chi connectivity index (χ2v) is 7.15. The highest BCUT2D eigenvalue weighted by Gasteiger charge is 2.28. The van der Waals surface area contributed by atoms with Gasteiger partial charge in [0.15, 0.2) is 5.65 Å². The van der Waals surface area contributed by atoms with E-state index in [1.165, 1.54) is 0 Å². The molecule has 3 heterocycles. The lowest BCUT2D eigenvalue weighted by molar-refractivity contribution is 0.0741. The predicted molar refractivity (Wildman–Crippen MR) is 109 cm³/mol. The monoisotopic (exact) mass is 395 g/mol. The van der Waals surface area contributed by atoms with Gasteiger partial charge in [-0.3, -0.25) is 4.79 Å². The molecule has 3 aromatic rings. The molecule has 1 atom stereocenters. The second-order valence-electron chi connectivity index (χ2n) is 7.15. The van der Waals surface area contributed by atoms with Crippen LogP contribution in [0.1, 0.15) is 28.8 Å². The molecule has 152 valence electrons. The number of likely N-dealkylation sites (tertiary alicyclic amines) is 1. The van der Waals surface area contributed by atoms with Gasteiger partial charge in [0.1, 0.15) is 11.5 Å². The van der Waals surface area contributed by atoms with Crippen molar-refractivity contribution in [2.45, 2.75) is 25.4 Å². The molecular formula is C21H25N5O3. The number of ether oxygens (including phenoxy) is 2. The summed E-state index contributed by atoms with van der Waals surface area (Å²) in [4.78, 5) is 19.3. The van der Waals surface area contributed by atoms with Gasteiger partial charge in [0.05, 0.1) is 32.5 Å². The molecule has 1 aliphatic heterocycles. The van der Waals surface area contributed by atoms with Crippen LogP contribution < -0.4 is 15.2 Å². The lowest BCUT2D eigenvalue weighted by Crippen LogP contribution is -2.39. The predicted octanol–water partition coefficient (Wildman–Crippen LogP) is 2.06. The summed E-state index contributed by atoms with van der Waals surface area (Å²) in [5, 5.41) is 5.29. The van der Waals surface area contributed by atoms with E-state index in [4.69, 9.17) is 15.2 Å². The summed E-state index contributed by atoms with van der Waals surface area (Å²) in [7, 11) is 3.25. The fourth-order valence-electron chi connectivity index (χ4n) is 3.86. The van der Waals surface area contributed by atoms with Crippen LogP contribution in [0.2, 0.25) is 0 Å². The van der Waals surface area contributed by atoms with Crippen molar-refractivity contribution in [1.29, 1.82) is 0 Å². The Morgan fingerprint density at radius 3 is 2.86 bits per heavy atom. The van der Waals surface area contributed by atoms with Crippen LogP contribution in [0.15, 0.2) is 36.7 Å². The minimum absolute atomic E-state index is 0.0167. The molecule has 1 unspecified atom stereocenters. The lowest BCUT2D eigenvalue weighted by Gasteiger charge is -2.23. The van der Waals surface area contributed by atoms with Crippen LogP contribution in [-0.4, -0.2) is 58.9 Å². The third-order valence-electron chi connectivity index (χ3n) is 5.45. The average molecular weight is 395 g/mol. The SMILES string of the molecule is COc1ccc(Cn2ncc3cc(C(=O)N4CCCC4CN)cnc32)c(OC)c1. The molecule has 0 saturated carbocycles. The fraction of sp³-hybridized carbons (Fsp3) is 0.381. The minimum Gasteiger partial charge on any atom is -0.497 e. The third-order valence-corrected chi connectivity index (χ3v) is 5.45. The van der Waals surface area contributed by atoms with Crippen LogP contribution in [0, 0.1) is 0 Å². The van der Waals surface area contributed by atoms with E-state index in [-0.39, 0.29) is 11.9 Å². The Hall–Kier alpha value is -3.13. The van der Waals surface area contributed by atoms with E-state index in [2.05, 4.69) is 10.1 Å². The number of nitrogens with two attached hydrogens (primary N) is 1. The van der Waals surface area contributed by atoms with Crippen LogP contribution in [-0.2, 0) is 6.54 Å². The number of benzene rings is 1. The summed E-state index contributed by atoms with van der Waals surface area (Å²) < 4.78 is 12.5. The first-order valence-electron chi connectivity index (χ1n) is 9.68. The number of hydrogen-bond acceptors (Lipinski definition) is 6. The number of hydrogen-bond donors (Lipinski definition) is 1. The molecule has 1 fully saturated rings. The zero-order chi connectivity index (χ0) is 20.4. The Labute approximate surface area is 169 Å². The van der Waals surface area contributed by atoms with Crippen molar-refractivity contribution in [3.8, 4) is 11.5 Å². The van der Waals surface area contributed by atoms with E-state index in [0.717, 1.165) is 47.5 Å². The van der Waals surface area contributed by atoms with Gasteiger partial charge in [-0.25, -0.2) is 9.67 Å². The zero-order valence-electron chi connectivity index (χ0n) is 16.7. The molecule has 0 bridgehead atoms. The van der Waals surface area contributed by atoms with Gasteiger partial charge in [0.2, 0.25) is 0 Å². The molecule has 29 heavy (non-hydrogen) atoms. The number of nitrogens with zero attached hydrogens (tertiary/aromatic N) is 4. The maximum absolute atomic E-state index is 12.9. The quantitative estimate of drug-likeness (QED) is 0.686. The Balaban J connectivity index is 1.60. The van der Waals surface area contributed by atoms with Gasteiger partial charge in [-0.1, -0.05) is 0 Å². The minimum atomic E-state index is -0.0167. The summed E-state index contributed by atoms with van der Waals surface area (Å²) in [6.07, 6.45) is 5.31. The van der Waals surface area contributed by atoms with Gasteiger partial charge in [0.25, 0.3) is 5.91 Å². The fourth-order valence-corrected chi connectivity index (χ4v) is 3.86. The maximum atomic E-state index is 12.9. The van der Waals surface area contributed by atoms with Gasteiger partial charge >= 0.3 is 0 Å². The Kier molecular flexibility index (Phi) is 5.35. The topological polar surface area (TPSA) is 95.5 Å². The average Bonchev–Trinajstić information content (AvgIpc) is 3.40. The normalized spacial score (nSPS) is 16.4. The zero-order valence-corrected chi connectivity index (χ0v) is 16.7. The molecule has 8 nitrogen and oxygen atoms in total. The van der Waals surface area contributed by atoms with Crippen molar-refractivity contribution in [1.82, 2.24) is 19.7 Å². The van der Waals surface area contributed by atoms with Crippen LogP contribution >= 0.6 is 0 Å². The molecule has 1 saturated heterocycles. The van der Waals surface area contributed by atoms with Crippen molar-refractivity contribution >= 4 is 16.9 Å². The molecule has 1 aliphatic rings. The Bertz CT molecular complexity index is 1030. The number of aromatic nitrogens is 3. The van der Waals surface area contributed by atoms with Crippen molar-refractivity contribution in [3.05, 3.63) is 47.8 Å². The molecule has 4 rings (SSSR count). The molecule has 0 aliphatic carbocycles. The summed E-state index contributed by atoms with van der Waals surface area (Å²) in [6, 6.07) is 7.64. The van der Waals surface area contributed by atoms with Crippen LogP contribution in [0.5, 0.6) is 11.5 Å². The highest BCUT2D eigenvalue weighted by Crippen LogP contribution is 2.26. The van der Waals surface area contributed by atoms with Gasteiger partial charge in [-0.2, -0.15) is 5.10 Å². The first-order chi connectivity index (χ1) is 14.1. The largest absolute Gasteiger partial charge is 0.497 e. The Morgan fingerprint density at radius 1 is 1.24 bits per heavy atom. The number of carbonyl (C=O) groups excluding carboxylic acids is 1. The number of rotatable bonds is 6. The van der Waals surface area contributed by atoms with Crippen LogP contribution in [0.25, 0.3) is 11.0 Å². The number of fused-ring (bicyclic) bond motifs is 1. The first kappa shape index (κ1) is 19.2. The van der Waals surface area contributed by atoms with Gasteiger partial charge in [-0.05, 0) is 31.0 Å². The van der Waals surface area contributed by atoms with Crippen molar-refractivity contribution in [2.75, 3.05) is 27.3 Å². The summed E-state index contributed by atoms with van der Waals surface area (Å²) in [5.74, 6) is 1.44. The van der Waals surface area contributed by atoms with E-state index < -0.39 is 0 Å². The lowest BCUT2D eigenvalue weighted by atomic mass is 10.1. The Morgan fingerprint density at radius 2 is 2.10 bits per heavy atom. The van der Waals surface area contributed by atoms with Gasteiger partial charge in [-0.15, -0.1) is 0 Å². The summed E-state index contributed by atoms with van der Waals surface area (Å²) in [6.45, 7) is 1.73. The number of methoxy groups -OCH3 is 2. The van der Waals surface area contributed by atoms with Crippen molar-refractivity contribution in [3.63, 3.8) is 0 Å². The highest BCUT2D eigenvalue weighted by molar-refractivity contribution is 5.97. The molecule has 1 amide bonds. The first-order valence-corrected chi connectivity index (χ1v) is 9.68. The van der Waals surface area contributed by atoms with Crippen LogP contribution in [0.4, 0.5) is 0 Å². The third kappa shape index (κ3) is 3.63.